The topological polar surface area (TPSA) is 27.7 Å². The van der Waals surface area contributed by atoms with E-state index in [9.17, 15) is 0 Å². The van der Waals surface area contributed by atoms with Crippen LogP contribution in [0.5, 0.6) is 0 Å². The molecule has 13 heavy (non-hydrogen) atoms. The first-order valence-electron chi connectivity index (χ1n) is 4.52. The molecule has 0 amide bonds. The van der Waals surface area contributed by atoms with E-state index in [1.807, 2.05) is 13.5 Å². The van der Waals surface area contributed by atoms with Crippen LogP contribution < -0.4 is 0 Å². The molecule has 0 aliphatic heterocycles. The third-order valence-electron chi connectivity index (χ3n) is 1.19. The van der Waals surface area contributed by atoms with Gasteiger partial charge in [0.05, 0.1) is 0 Å². The second-order valence-electron chi connectivity index (χ2n) is 3.32. The van der Waals surface area contributed by atoms with E-state index < -0.39 is 26.9 Å². The second kappa shape index (κ2) is 6.10. The molecule has 0 aromatic rings. The number of hydrogen-bond acceptors (Lipinski definition) is 3. The Morgan fingerprint density at radius 3 is 1.62 bits per heavy atom. The fourth-order valence-electron chi connectivity index (χ4n) is 1.08. The van der Waals surface area contributed by atoms with Gasteiger partial charge in [-0.2, -0.15) is 0 Å². The first-order chi connectivity index (χ1) is 5.89. The molecule has 0 heterocycles. The van der Waals surface area contributed by atoms with Crippen LogP contribution in [0.15, 0.2) is 0 Å². The minimum absolute atomic E-state index is 0.674. The highest BCUT2D eigenvalue weighted by Crippen LogP contribution is 2.12. The van der Waals surface area contributed by atoms with Crippen molar-refractivity contribution in [3.8, 4) is 0 Å². The molecule has 0 rings (SSSR count). The molecule has 0 saturated carbocycles. The summed E-state index contributed by atoms with van der Waals surface area (Å²) in [7, 11) is -3.75. The maximum atomic E-state index is 5.81. The van der Waals surface area contributed by atoms with Crippen molar-refractivity contribution in [1.82, 2.24) is 0 Å². The third kappa shape index (κ3) is 6.58. The lowest BCUT2D eigenvalue weighted by Crippen LogP contribution is -2.48. The highest BCUT2D eigenvalue weighted by Gasteiger charge is 2.36. The lowest BCUT2D eigenvalue weighted by molar-refractivity contribution is 0.183. The van der Waals surface area contributed by atoms with E-state index in [2.05, 4.69) is 26.2 Å². The van der Waals surface area contributed by atoms with Gasteiger partial charge in [0.1, 0.15) is 0 Å². The molecule has 78 valence electrons. The molecule has 0 aromatic heterocycles. The molecule has 0 saturated heterocycles. The van der Waals surface area contributed by atoms with Gasteiger partial charge < -0.3 is 12.7 Å². The number of rotatable bonds is 6. The van der Waals surface area contributed by atoms with Gasteiger partial charge in [-0.3, -0.25) is 0 Å². The molecule has 6 heteroatoms. The van der Waals surface area contributed by atoms with Crippen molar-refractivity contribution >= 4 is 26.9 Å². The van der Waals surface area contributed by atoms with Crippen LogP contribution in [0.2, 0.25) is 32.7 Å². The van der Waals surface area contributed by atoms with Gasteiger partial charge in [-0.05, 0) is 33.1 Å². The van der Waals surface area contributed by atoms with E-state index in [1.54, 1.807) is 0 Å². The van der Waals surface area contributed by atoms with Crippen LogP contribution in [0.1, 0.15) is 6.92 Å². The maximum Gasteiger partial charge on any atom is 0.476 e. The highest BCUT2D eigenvalue weighted by molar-refractivity contribution is 6.74. The Morgan fingerprint density at radius 2 is 1.38 bits per heavy atom. The van der Waals surface area contributed by atoms with Crippen LogP contribution in [0.25, 0.3) is 0 Å². The highest BCUT2D eigenvalue weighted by atomic mass is 28.5. The lowest BCUT2D eigenvalue weighted by atomic mass is 10.9. The Balaban J connectivity index is 4.15. The summed E-state index contributed by atoms with van der Waals surface area (Å²) in [6.45, 7) is 13.1. The monoisotopic (exact) mass is 236 g/mol. The van der Waals surface area contributed by atoms with Crippen molar-refractivity contribution in [2.45, 2.75) is 39.7 Å². The van der Waals surface area contributed by atoms with E-state index in [0.717, 1.165) is 0 Å². The fraction of sp³-hybridized carbons (Fsp3) is 1.00. The van der Waals surface area contributed by atoms with Crippen molar-refractivity contribution in [2.75, 3.05) is 6.61 Å². The molecule has 0 spiro atoms. The normalized spacial score (nSPS) is 12.9. The number of hydrogen-bond donors (Lipinski definition) is 0. The van der Waals surface area contributed by atoms with Crippen molar-refractivity contribution in [3.05, 3.63) is 0 Å². The molecule has 0 aliphatic rings. The smallest absolute Gasteiger partial charge is 0.416 e. The van der Waals surface area contributed by atoms with E-state index in [0.29, 0.717) is 6.61 Å². The molecule has 0 atom stereocenters. The van der Waals surface area contributed by atoms with Crippen LogP contribution in [-0.2, 0) is 12.7 Å². The van der Waals surface area contributed by atoms with Crippen molar-refractivity contribution < 1.29 is 12.7 Å². The average Bonchev–Trinajstić information content (AvgIpc) is 1.81. The maximum absolute atomic E-state index is 5.81. The summed E-state index contributed by atoms with van der Waals surface area (Å²) in [6.07, 6.45) is 0. The quantitative estimate of drug-likeness (QED) is 0.661. The van der Waals surface area contributed by atoms with Crippen LogP contribution in [0.4, 0.5) is 0 Å². The summed E-state index contributed by atoms with van der Waals surface area (Å²) in [6, 6.07) is 0. The van der Waals surface area contributed by atoms with Gasteiger partial charge in [-0.15, -0.1) is 0 Å². The van der Waals surface area contributed by atoms with Gasteiger partial charge >= 0.3 is 8.80 Å². The molecule has 3 nitrogen and oxygen atoms in total. The van der Waals surface area contributed by atoms with Gasteiger partial charge in [-0.25, -0.2) is 0 Å². The molecular weight excluding hydrogens is 216 g/mol. The zero-order chi connectivity index (χ0) is 10.5. The Hall–Kier alpha value is 0.531. The summed E-state index contributed by atoms with van der Waals surface area (Å²) in [4.78, 5) is 0. The lowest BCUT2D eigenvalue weighted by Gasteiger charge is -2.29. The van der Waals surface area contributed by atoms with Crippen molar-refractivity contribution in [2.24, 2.45) is 0 Å². The van der Waals surface area contributed by atoms with E-state index >= 15 is 0 Å². The molecule has 0 bridgehead atoms. The zero-order valence-corrected chi connectivity index (χ0v) is 12.4. The molecule has 0 unspecified atom stereocenters. The average molecular weight is 236 g/mol. The Morgan fingerprint density at radius 1 is 1.00 bits per heavy atom. The van der Waals surface area contributed by atoms with Gasteiger partial charge in [0.2, 0.25) is 0 Å². The molecule has 0 aromatic carbocycles. The van der Waals surface area contributed by atoms with Crippen molar-refractivity contribution in [3.63, 3.8) is 0 Å². The van der Waals surface area contributed by atoms with E-state index in [4.69, 9.17) is 12.7 Å². The van der Waals surface area contributed by atoms with Crippen LogP contribution in [0.3, 0.4) is 0 Å². The van der Waals surface area contributed by atoms with Gasteiger partial charge in [0, 0.05) is 13.2 Å². The fourth-order valence-corrected chi connectivity index (χ4v) is 8.55. The van der Waals surface area contributed by atoms with Crippen LogP contribution in [0, 0.1) is 0 Å². The Labute approximate surface area is 86.2 Å². The second-order valence-corrected chi connectivity index (χ2v) is 10.6. The molecule has 0 N–H and O–H groups in total. The minimum Gasteiger partial charge on any atom is -0.416 e. The third-order valence-corrected chi connectivity index (χ3v) is 8.23. The summed E-state index contributed by atoms with van der Waals surface area (Å²) >= 11 is 0. The first kappa shape index (κ1) is 13.5. The van der Waals surface area contributed by atoms with Crippen LogP contribution >= 0.6 is 0 Å². The molecule has 0 fully saturated rings. The SMILES string of the molecule is CCO[Si](C)(O[Si](C)C)O[Si](C)C. The van der Waals surface area contributed by atoms with Gasteiger partial charge in [0.25, 0.3) is 0 Å². The molecule has 2 radical (unpaired) electrons. The van der Waals surface area contributed by atoms with Crippen LogP contribution in [-0.4, -0.2) is 33.5 Å². The summed E-state index contributed by atoms with van der Waals surface area (Å²) in [5.74, 6) is 0. The molecule has 0 aliphatic carbocycles. The summed E-state index contributed by atoms with van der Waals surface area (Å²) in [5, 5.41) is 0. The Bertz CT molecular complexity index is 131. The summed E-state index contributed by atoms with van der Waals surface area (Å²) < 4.78 is 17.2. The van der Waals surface area contributed by atoms with E-state index in [-0.39, 0.29) is 0 Å². The van der Waals surface area contributed by atoms with Gasteiger partial charge in [-0.1, -0.05) is 0 Å². The predicted molar refractivity (Wildman–Crippen MR) is 60.4 cm³/mol. The predicted octanol–water partition coefficient (Wildman–Crippen LogP) is 2.13. The Kier molecular flexibility index (Phi) is 6.35. The first-order valence-corrected chi connectivity index (χ1v) is 11.6. The van der Waals surface area contributed by atoms with E-state index in [1.165, 1.54) is 0 Å². The molecular formula is C7H20O3Si3. The standard InChI is InChI=1S/C7H20O3Si3/c1-7-8-13(6,9-11(2)3)10-12(4)5/h7H2,1-6H3. The van der Waals surface area contributed by atoms with Crippen molar-refractivity contribution in [1.29, 1.82) is 0 Å². The minimum atomic E-state index is -2.29. The largest absolute Gasteiger partial charge is 0.476 e. The summed E-state index contributed by atoms with van der Waals surface area (Å²) in [5.41, 5.74) is 0. The van der Waals surface area contributed by atoms with Gasteiger partial charge in [0.15, 0.2) is 18.1 Å². The zero-order valence-electron chi connectivity index (χ0n) is 9.43.